The number of esters is 1. The number of carbonyl (C=O) groups excluding carboxylic acids is 2. The predicted molar refractivity (Wildman–Crippen MR) is 115 cm³/mol. The van der Waals surface area contributed by atoms with E-state index in [1.807, 2.05) is 43.3 Å². The third-order valence-electron chi connectivity index (χ3n) is 5.41. The Morgan fingerprint density at radius 2 is 1.70 bits per heavy atom. The van der Waals surface area contributed by atoms with Crippen LogP contribution in [0.3, 0.4) is 0 Å². The Balaban J connectivity index is 1.46. The molecule has 1 saturated heterocycles. The molecule has 1 aliphatic rings. The third kappa shape index (κ3) is 5.83. The van der Waals surface area contributed by atoms with Gasteiger partial charge in [-0.15, -0.1) is 0 Å². The quantitative estimate of drug-likeness (QED) is 0.657. The lowest BCUT2D eigenvalue weighted by Gasteiger charge is -2.35. The maximum Gasteiger partial charge on any atom is 0.311 e. The first-order valence-electron chi connectivity index (χ1n) is 10.3. The Bertz CT molecular complexity index is 861. The molecule has 1 unspecified atom stereocenters. The number of rotatable bonds is 7. The number of methoxy groups -OCH3 is 1. The summed E-state index contributed by atoms with van der Waals surface area (Å²) in [7, 11) is 1.60. The standard InChI is InChI=1S/C24H30N2O4/c1-18-9-10-21(15-22(18)29-3)16-23(27)30-19(2)24(28)26-13-11-25(12-14-26)17-20-7-5-4-6-8-20/h4-10,15,19H,11-14,16-17H2,1-3H3. The van der Waals surface area contributed by atoms with Crippen LogP contribution in [0.2, 0.25) is 0 Å². The minimum Gasteiger partial charge on any atom is -0.496 e. The second-order valence-electron chi connectivity index (χ2n) is 7.70. The van der Waals surface area contributed by atoms with Crippen LogP contribution in [0, 0.1) is 6.92 Å². The van der Waals surface area contributed by atoms with Gasteiger partial charge in [0.25, 0.3) is 5.91 Å². The summed E-state index contributed by atoms with van der Waals surface area (Å²) in [5, 5.41) is 0. The van der Waals surface area contributed by atoms with Crippen molar-refractivity contribution in [1.82, 2.24) is 9.80 Å². The van der Waals surface area contributed by atoms with Crippen LogP contribution in [0.25, 0.3) is 0 Å². The topological polar surface area (TPSA) is 59.1 Å². The number of ether oxygens (including phenoxy) is 2. The summed E-state index contributed by atoms with van der Waals surface area (Å²) in [6.07, 6.45) is -0.676. The average molecular weight is 411 g/mol. The zero-order valence-corrected chi connectivity index (χ0v) is 18.0. The highest BCUT2D eigenvalue weighted by Crippen LogP contribution is 2.19. The molecule has 0 aliphatic carbocycles. The second kappa shape index (κ2) is 10.3. The molecule has 30 heavy (non-hydrogen) atoms. The Labute approximate surface area is 178 Å². The summed E-state index contributed by atoms with van der Waals surface area (Å²) in [6, 6.07) is 15.9. The summed E-state index contributed by atoms with van der Waals surface area (Å²) in [5.74, 6) is 0.187. The highest BCUT2D eigenvalue weighted by atomic mass is 16.5. The van der Waals surface area contributed by atoms with Gasteiger partial charge in [-0.2, -0.15) is 0 Å². The van der Waals surface area contributed by atoms with E-state index in [2.05, 4.69) is 17.0 Å². The number of hydrogen-bond donors (Lipinski definition) is 0. The lowest BCUT2D eigenvalue weighted by molar-refractivity contribution is -0.159. The molecule has 0 N–H and O–H groups in total. The molecule has 2 aromatic carbocycles. The van der Waals surface area contributed by atoms with E-state index in [9.17, 15) is 9.59 Å². The van der Waals surface area contributed by atoms with Gasteiger partial charge in [0.05, 0.1) is 13.5 Å². The first kappa shape index (κ1) is 21.8. The van der Waals surface area contributed by atoms with E-state index in [4.69, 9.17) is 9.47 Å². The van der Waals surface area contributed by atoms with Gasteiger partial charge in [0.2, 0.25) is 0 Å². The fraction of sp³-hybridized carbons (Fsp3) is 0.417. The van der Waals surface area contributed by atoms with Crippen molar-refractivity contribution in [3.05, 3.63) is 65.2 Å². The smallest absolute Gasteiger partial charge is 0.311 e. The molecule has 6 nitrogen and oxygen atoms in total. The Hall–Kier alpha value is -2.86. The Morgan fingerprint density at radius 1 is 1.00 bits per heavy atom. The fourth-order valence-corrected chi connectivity index (χ4v) is 3.66. The lowest BCUT2D eigenvalue weighted by atomic mass is 10.1. The normalized spacial score (nSPS) is 15.5. The molecule has 3 rings (SSSR count). The van der Waals surface area contributed by atoms with Gasteiger partial charge in [-0.25, -0.2) is 0 Å². The van der Waals surface area contributed by atoms with E-state index in [-0.39, 0.29) is 12.3 Å². The van der Waals surface area contributed by atoms with Gasteiger partial charge in [-0.05, 0) is 36.6 Å². The first-order valence-corrected chi connectivity index (χ1v) is 10.3. The van der Waals surface area contributed by atoms with Crippen molar-refractivity contribution in [3.8, 4) is 5.75 Å². The number of piperazine rings is 1. The van der Waals surface area contributed by atoms with Crippen molar-refractivity contribution >= 4 is 11.9 Å². The van der Waals surface area contributed by atoms with Crippen molar-refractivity contribution < 1.29 is 19.1 Å². The Kier molecular flexibility index (Phi) is 7.46. The molecule has 0 bridgehead atoms. The van der Waals surface area contributed by atoms with E-state index in [1.54, 1.807) is 18.9 Å². The monoisotopic (exact) mass is 410 g/mol. The van der Waals surface area contributed by atoms with Crippen LogP contribution in [-0.4, -0.2) is 61.1 Å². The van der Waals surface area contributed by atoms with Crippen LogP contribution < -0.4 is 4.74 Å². The molecule has 0 aromatic heterocycles. The van der Waals surface area contributed by atoms with E-state index in [0.717, 1.165) is 36.5 Å². The van der Waals surface area contributed by atoms with E-state index >= 15 is 0 Å². The van der Waals surface area contributed by atoms with Crippen LogP contribution in [0.5, 0.6) is 5.75 Å². The highest BCUT2D eigenvalue weighted by molar-refractivity contribution is 5.84. The molecule has 6 heteroatoms. The third-order valence-corrected chi connectivity index (χ3v) is 5.41. The van der Waals surface area contributed by atoms with Gasteiger partial charge >= 0.3 is 5.97 Å². The summed E-state index contributed by atoms with van der Waals surface area (Å²) in [4.78, 5) is 29.1. The fourth-order valence-electron chi connectivity index (χ4n) is 3.66. The van der Waals surface area contributed by atoms with Gasteiger partial charge in [-0.3, -0.25) is 14.5 Å². The van der Waals surface area contributed by atoms with Gasteiger partial charge in [0, 0.05) is 32.7 Å². The van der Waals surface area contributed by atoms with Crippen molar-refractivity contribution in [3.63, 3.8) is 0 Å². The lowest BCUT2D eigenvalue weighted by Crippen LogP contribution is -2.51. The molecule has 1 atom stereocenters. The summed E-state index contributed by atoms with van der Waals surface area (Å²) >= 11 is 0. The second-order valence-corrected chi connectivity index (χ2v) is 7.70. The van der Waals surface area contributed by atoms with E-state index < -0.39 is 12.1 Å². The molecule has 1 heterocycles. The van der Waals surface area contributed by atoms with Gasteiger partial charge in [-0.1, -0.05) is 42.5 Å². The zero-order valence-electron chi connectivity index (χ0n) is 18.0. The van der Waals surface area contributed by atoms with Crippen LogP contribution in [0.4, 0.5) is 0 Å². The molecular weight excluding hydrogens is 380 g/mol. The number of aryl methyl sites for hydroxylation is 1. The maximum absolute atomic E-state index is 12.7. The highest BCUT2D eigenvalue weighted by Gasteiger charge is 2.27. The van der Waals surface area contributed by atoms with Crippen LogP contribution in [0.15, 0.2) is 48.5 Å². The summed E-state index contributed by atoms with van der Waals surface area (Å²) in [5.41, 5.74) is 3.08. The largest absolute Gasteiger partial charge is 0.496 e. The average Bonchev–Trinajstić information content (AvgIpc) is 2.75. The zero-order chi connectivity index (χ0) is 21.5. The summed E-state index contributed by atoms with van der Waals surface area (Å²) < 4.78 is 10.7. The molecule has 1 amide bonds. The molecule has 0 radical (unpaired) electrons. The number of hydrogen-bond acceptors (Lipinski definition) is 5. The number of benzene rings is 2. The molecule has 0 saturated carbocycles. The van der Waals surface area contributed by atoms with Gasteiger partial charge in [0.1, 0.15) is 5.75 Å². The molecule has 2 aromatic rings. The van der Waals surface area contributed by atoms with Gasteiger partial charge < -0.3 is 14.4 Å². The van der Waals surface area contributed by atoms with Crippen molar-refractivity contribution in [2.24, 2.45) is 0 Å². The summed E-state index contributed by atoms with van der Waals surface area (Å²) in [6.45, 7) is 7.38. The van der Waals surface area contributed by atoms with Crippen molar-refractivity contribution in [2.45, 2.75) is 32.9 Å². The van der Waals surface area contributed by atoms with E-state index in [0.29, 0.717) is 13.1 Å². The number of nitrogens with zero attached hydrogens (tertiary/aromatic N) is 2. The van der Waals surface area contributed by atoms with E-state index in [1.165, 1.54) is 5.56 Å². The van der Waals surface area contributed by atoms with Crippen molar-refractivity contribution in [2.75, 3.05) is 33.3 Å². The Morgan fingerprint density at radius 3 is 2.37 bits per heavy atom. The molecule has 160 valence electrons. The number of amides is 1. The van der Waals surface area contributed by atoms with Crippen LogP contribution in [0.1, 0.15) is 23.6 Å². The minimum atomic E-state index is -0.787. The molecule has 1 fully saturated rings. The first-order chi connectivity index (χ1) is 14.5. The predicted octanol–water partition coefficient (Wildman–Crippen LogP) is 2.82. The molecular formula is C24H30N2O4. The van der Waals surface area contributed by atoms with Gasteiger partial charge in [0.15, 0.2) is 6.10 Å². The SMILES string of the molecule is COc1cc(CC(=O)OC(C)C(=O)N2CCN(Cc3ccccc3)CC2)ccc1C. The van der Waals surface area contributed by atoms with Crippen LogP contribution in [-0.2, 0) is 27.3 Å². The van der Waals surface area contributed by atoms with Crippen LogP contribution >= 0.6 is 0 Å². The molecule has 1 aliphatic heterocycles. The minimum absolute atomic E-state index is 0.110. The number of carbonyl (C=O) groups is 2. The maximum atomic E-state index is 12.7. The van der Waals surface area contributed by atoms with Crippen molar-refractivity contribution in [1.29, 1.82) is 0 Å². The molecule has 0 spiro atoms.